The highest BCUT2D eigenvalue weighted by Gasteiger charge is 2.17. The quantitative estimate of drug-likeness (QED) is 0.864. The molecular formula is C14H10BrClO4S. The van der Waals surface area contributed by atoms with Crippen LogP contribution in [0.15, 0.2) is 51.8 Å². The van der Waals surface area contributed by atoms with Gasteiger partial charge in [0.1, 0.15) is 0 Å². The van der Waals surface area contributed by atoms with E-state index in [1.807, 2.05) is 0 Å². The summed E-state index contributed by atoms with van der Waals surface area (Å²) in [6.07, 6.45) is 0. The molecular weight excluding hydrogens is 380 g/mol. The molecule has 0 aliphatic heterocycles. The maximum atomic E-state index is 12.3. The van der Waals surface area contributed by atoms with Crippen LogP contribution >= 0.6 is 27.5 Å². The van der Waals surface area contributed by atoms with Crippen LogP contribution in [0, 0.1) is 0 Å². The van der Waals surface area contributed by atoms with Gasteiger partial charge in [0.05, 0.1) is 16.2 Å². The summed E-state index contributed by atoms with van der Waals surface area (Å²) in [7, 11) is -3.52. The lowest BCUT2D eigenvalue weighted by atomic mass is 10.1. The van der Waals surface area contributed by atoms with E-state index in [0.29, 0.717) is 15.1 Å². The third kappa shape index (κ3) is 3.84. The van der Waals surface area contributed by atoms with Crippen molar-refractivity contribution in [3.05, 3.63) is 63.1 Å². The van der Waals surface area contributed by atoms with E-state index in [4.69, 9.17) is 16.7 Å². The van der Waals surface area contributed by atoms with E-state index in [9.17, 15) is 13.2 Å². The molecule has 0 bridgehead atoms. The molecule has 4 nitrogen and oxygen atoms in total. The molecule has 7 heteroatoms. The molecule has 0 aliphatic rings. The summed E-state index contributed by atoms with van der Waals surface area (Å²) in [4.78, 5) is 11.0. The monoisotopic (exact) mass is 388 g/mol. The summed E-state index contributed by atoms with van der Waals surface area (Å²) in [5.74, 6) is -1.29. The van der Waals surface area contributed by atoms with Crippen molar-refractivity contribution >= 4 is 43.3 Å². The van der Waals surface area contributed by atoms with Crippen LogP contribution in [0.25, 0.3) is 0 Å². The second kappa shape index (κ2) is 6.17. The SMILES string of the molecule is O=C(O)c1ccc(CS(=O)(=O)c2ccc(Cl)cc2)c(Br)c1. The van der Waals surface area contributed by atoms with Gasteiger partial charge in [-0.3, -0.25) is 0 Å². The number of hydrogen-bond donors (Lipinski definition) is 1. The summed E-state index contributed by atoms with van der Waals surface area (Å²) in [5.41, 5.74) is 0.587. The number of aromatic carboxylic acids is 1. The van der Waals surface area contributed by atoms with Crippen molar-refractivity contribution in [2.75, 3.05) is 0 Å². The lowest BCUT2D eigenvalue weighted by Crippen LogP contribution is -2.06. The van der Waals surface area contributed by atoms with Gasteiger partial charge in [0, 0.05) is 9.50 Å². The number of carboxylic acids is 1. The summed E-state index contributed by atoms with van der Waals surface area (Å²) >= 11 is 8.94. The molecule has 2 aromatic rings. The molecule has 2 aromatic carbocycles. The van der Waals surface area contributed by atoms with E-state index in [2.05, 4.69) is 15.9 Å². The zero-order chi connectivity index (χ0) is 15.6. The van der Waals surface area contributed by atoms with Crippen molar-refractivity contribution in [1.82, 2.24) is 0 Å². The normalized spacial score (nSPS) is 11.3. The smallest absolute Gasteiger partial charge is 0.335 e. The van der Waals surface area contributed by atoms with Gasteiger partial charge in [0.25, 0.3) is 0 Å². The van der Waals surface area contributed by atoms with Gasteiger partial charge in [-0.1, -0.05) is 33.6 Å². The molecule has 0 atom stereocenters. The number of hydrogen-bond acceptors (Lipinski definition) is 3. The Hall–Kier alpha value is -1.37. The van der Waals surface area contributed by atoms with Gasteiger partial charge < -0.3 is 5.11 Å². The molecule has 0 radical (unpaired) electrons. The van der Waals surface area contributed by atoms with E-state index in [-0.39, 0.29) is 16.2 Å². The van der Waals surface area contributed by atoms with Crippen molar-refractivity contribution in [2.45, 2.75) is 10.6 Å². The van der Waals surface area contributed by atoms with Crippen LogP contribution in [-0.4, -0.2) is 19.5 Å². The van der Waals surface area contributed by atoms with Crippen molar-refractivity contribution in [3.8, 4) is 0 Å². The highest BCUT2D eigenvalue weighted by molar-refractivity contribution is 9.10. The average Bonchev–Trinajstić information content (AvgIpc) is 2.41. The molecule has 21 heavy (non-hydrogen) atoms. The fraction of sp³-hybridized carbons (Fsp3) is 0.0714. The van der Waals surface area contributed by atoms with Gasteiger partial charge in [-0.2, -0.15) is 0 Å². The summed E-state index contributed by atoms with van der Waals surface area (Å²) < 4.78 is 25.1. The molecule has 0 spiro atoms. The first-order chi connectivity index (χ1) is 9.79. The molecule has 0 aliphatic carbocycles. The molecule has 2 rings (SSSR count). The van der Waals surface area contributed by atoms with Crippen LogP contribution in [0.5, 0.6) is 0 Å². The first kappa shape index (κ1) is 16.0. The van der Waals surface area contributed by atoms with Crippen molar-refractivity contribution in [2.24, 2.45) is 0 Å². The molecule has 0 unspecified atom stereocenters. The number of carboxylic acid groups (broad SMARTS) is 1. The van der Waals surface area contributed by atoms with Crippen molar-refractivity contribution in [3.63, 3.8) is 0 Å². The van der Waals surface area contributed by atoms with Gasteiger partial charge in [-0.15, -0.1) is 0 Å². The summed E-state index contributed by atoms with van der Waals surface area (Å²) in [6, 6.07) is 10.2. The molecule has 0 saturated heterocycles. The van der Waals surface area contributed by atoms with Crippen LogP contribution in [0.1, 0.15) is 15.9 Å². The Kier molecular flexibility index (Phi) is 4.70. The Bertz CT molecular complexity index is 785. The van der Waals surface area contributed by atoms with E-state index in [1.165, 1.54) is 42.5 Å². The minimum Gasteiger partial charge on any atom is -0.478 e. The molecule has 0 amide bonds. The first-order valence-electron chi connectivity index (χ1n) is 5.79. The minimum atomic E-state index is -3.52. The second-order valence-electron chi connectivity index (χ2n) is 4.32. The second-order valence-corrected chi connectivity index (χ2v) is 7.60. The molecule has 0 saturated carbocycles. The van der Waals surface area contributed by atoms with Crippen LogP contribution < -0.4 is 0 Å². The fourth-order valence-electron chi connectivity index (χ4n) is 1.73. The predicted molar refractivity (Wildman–Crippen MR) is 83.4 cm³/mol. The van der Waals surface area contributed by atoms with Gasteiger partial charge in [0.15, 0.2) is 9.84 Å². The molecule has 0 fully saturated rings. The van der Waals surface area contributed by atoms with Gasteiger partial charge >= 0.3 is 5.97 Å². The van der Waals surface area contributed by atoms with E-state index in [1.54, 1.807) is 0 Å². The Morgan fingerprint density at radius 2 is 1.76 bits per heavy atom. The van der Waals surface area contributed by atoms with E-state index < -0.39 is 15.8 Å². The topological polar surface area (TPSA) is 71.4 Å². The zero-order valence-electron chi connectivity index (χ0n) is 10.6. The Balaban J connectivity index is 2.32. The van der Waals surface area contributed by atoms with Crippen LogP contribution in [-0.2, 0) is 15.6 Å². The number of carbonyl (C=O) groups is 1. The van der Waals surface area contributed by atoms with Crippen LogP contribution in [0.3, 0.4) is 0 Å². The standard InChI is InChI=1S/C14H10BrClO4S/c15-13-7-9(14(17)18)1-2-10(13)8-21(19,20)12-5-3-11(16)4-6-12/h1-7H,8H2,(H,17,18). The fourth-order valence-corrected chi connectivity index (χ4v) is 3.94. The number of benzene rings is 2. The van der Waals surface area contributed by atoms with Gasteiger partial charge in [-0.05, 0) is 42.0 Å². The lowest BCUT2D eigenvalue weighted by molar-refractivity contribution is 0.0697. The van der Waals surface area contributed by atoms with E-state index in [0.717, 1.165) is 0 Å². The maximum Gasteiger partial charge on any atom is 0.335 e. The van der Waals surface area contributed by atoms with Crippen LogP contribution in [0.4, 0.5) is 0 Å². The zero-order valence-corrected chi connectivity index (χ0v) is 13.7. The predicted octanol–water partition coefficient (Wildman–Crippen LogP) is 3.77. The lowest BCUT2D eigenvalue weighted by Gasteiger charge is -2.07. The van der Waals surface area contributed by atoms with Crippen molar-refractivity contribution in [1.29, 1.82) is 0 Å². The summed E-state index contributed by atoms with van der Waals surface area (Å²) in [6.45, 7) is 0. The summed E-state index contributed by atoms with van der Waals surface area (Å²) in [5, 5.41) is 9.34. The molecule has 0 aromatic heterocycles. The van der Waals surface area contributed by atoms with E-state index >= 15 is 0 Å². The van der Waals surface area contributed by atoms with Crippen molar-refractivity contribution < 1.29 is 18.3 Å². The highest BCUT2D eigenvalue weighted by atomic mass is 79.9. The van der Waals surface area contributed by atoms with Gasteiger partial charge in [-0.25, -0.2) is 13.2 Å². The third-order valence-corrected chi connectivity index (χ3v) is 5.49. The number of sulfone groups is 1. The Morgan fingerprint density at radius 1 is 1.14 bits per heavy atom. The molecule has 0 heterocycles. The Labute approximate surface area is 135 Å². The van der Waals surface area contributed by atoms with Gasteiger partial charge in [0.2, 0.25) is 0 Å². The average molecular weight is 390 g/mol. The molecule has 1 N–H and O–H groups in total. The highest BCUT2D eigenvalue weighted by Crippen LogP contribution is 2.24. The maximum absolute atomic E-state index is 12.3. The number of halogens is 2. The largest absolute Gasteiger partial charge is 0.478 e. The number of rotatable bonds is 4. The molecule has 110 valence electrons. The first-order valence-corrected chi connectivity index (χ1v) is 8.62. The Morgan fingerprint density at radius 3 is 2.29 bits per heavy atom. The third-order valence-electron chi connectivity index (χ3n) is 2.82. The minimum absolute atomic E-state index is 0.0921. The van der Waals surface area contributed by atoms with Crippen LogP contribution in [0.2, 0.25) is 5.02 Å².